The van der Waals surface area contributed by atoms with Gasteiger partial charge >= 0.3 is 0 Å². The fraction of sp³-hybridized carbons (Fsp3) is 0.250. The van der Waals surface area contributed by atoms with Crippen LogP contribution in [0, 0.1) is 6.92 Å². The largest absolute Gasteiger partial charge is 0.396 e. The van der Waals surface area contributed by atoms with Crippen molar-refractivity contribution in [1.82, 2.24) is 24.7 Å². The van der Waals surface area contributed by atoms with Crippen molar-refractivity contribution in [3.8, 4) is 0 Å². The van der Waals surface area contributed by atoms with E-state index in [0.717, 1.165) is 11.0 Å². The van der Waals surface area contributed by atoms with Gasteiger partial charge in [0.15, 0.2) is 10.3 Å². The summed E-state index contributed by atoms with van der Waals surface area (Å²) in [5.74, 6) is 0.855. The van der Waals surface area contributed by atoms with Gasteiger partial charge in [-0.15, -0.1) is 10.2 Å². The first-order valence-electron chi connectivity index (χ1n) is 4.28. The fourth-order valence-electron chi connectivity index (χ4n) is 0.937. The number of nitrogens with two attached hydrogens (primary N) is 1. The van der Waals surface area contributed by atoms with Gasteiger partial charge in [0.25, 0.3) is 0 Å². The van der Waals surface area contributed by atoms with Crippen LogP contribution in [0.3, 0.4) is 0 Å². The third-order valence-electron chi connectivity index (χ3n) is 1.88. The molecule has 0 fully saturated rings. The average molecular weight is 222 g/mol. The number of hydrogen-bond donors (Lipinski definition) is 1. The normalized spacial score (nSPS) is 10.5. The van der Waals surface area contributed by atoms with E-state index in [1.807, 2.05) is 18.5 Å². The molecule has 0 spiro atoms. The van der Waals surface area contributed by atoms with Crippen LogP contribution in [0.4, 0.5) is 5.69 Å². The van der Waals surface area contributed by atoms with Gasteiger partial charge in [-0.2, -0.15) is 0 Å². The van der Waals surface area contributed by atoms with Gasteiger partial charge < -0.3 is 10.3 Å². The molecule has 2 aromatic rings. The highest BCUT2D eigenvalue weighted by molar-refractivity contribution is 7.99. The molecule has 0 atom stereocenters. The Morgan fingerprint density at radius 2 is 1.93 bits per heavy atom. The molecule has 0 saturated carbocycles. The van der Waals surface area contributed by atoms with Crippen molar-refractivity contribution in [2.45, 2.75) is 17.2 Å². The van der Waals surface area contributed by atoms with E-state index < -0.39 is 0 Å². The van der Waals surface area contributed by atoms with Crippen LogP contribution < -0.4 is 5.73 Å². The van der Waals surface area contributed by atoms with Crippen molar-refractivity contribution >= 4 is 17.4 Å². The van der Waals surface area contributed by atoms with Crippen molar-refractivity contribution in [2.24, 2.45) is 7.05 Å². The summed E-state index contributed by atoms with van der Waals surface area (Å²) in [6.07, 6.45) is 3.14. The second-order valence-corrected chi connectivity index (χ2v) is 3.92. The molecule has 7 heteroatoms. The lowest BCUT2D eigenvalue weighted by atomic mass is 10.6. The predicted octanol–water partition coefficient (Wildman–Crippen LogP) is 0.647. The molecule has 2 aromatic heterocycles. The summed E-state index contributed by atoms with van der Waals surface area (Å²) >= 11 is 1.36. The first-order valence-corrected chi connectivity index (χ1v) is 5.10. The summed E-state index contributed by atoms with van der Waals surface area (Å²) in [6.45, 7) is 1.89. The maximum atomic E-state index is 5.49. The lowest BCUT2D eigenvalue weighted by Crippen LogP contribution is -1.95. The molecule has 0 aliphatic carbocycles. The number of rotatable bonds is 2. The van der Waals surface area contributed by atoms with Crippen molar-refractivity contribution in [1.29, 1.82) is 0 Å². The molecule has 15 heavy (non-hydrogen) atoms. The van der Waals surface area contributed by atoms with Crippen LogP contribution in [0.15, 0.2) is 22.7 Å². The third kappa shape index (κ3) is 2.07. The SMILES string of the molecule is Cc1nnc(Sc2ncc(N)cn2)n1C. The van der Waals surface area contributed by atoms with Crippen LogP contribution in [0.2, 0.25) is 0 Å². The Morgan fingerprint density at radius 3 is 2.47 bits per heavy atom. The van der Waals surface area contributed by atoms with Gasteiger partial charge in [0, 0.05) is 7.05 Å². The summed E-state index contributed by atoms with van der Waals surface area (Å²) in [5.41, 5.74) is 6.04. The number of nitrogens with zero attached hydrogens (tertiary/aromatic N) is 5. The first kappa shape index (κ1) is 9.91. The van der Waals surface area contributed by atoms with Gasteiger partial charge in [0.2, 0.25) is 0 Å². The molecular formula is C8H10N6S. The molecule has 2 rings (SSSR count). The molecule has 0 unspecified atom stereocenters. The zero-order chi connectivity index (χ0) is 10.8. The lowest BCUT2D eigenvalue weighted by molar-refractivity contribution is 0.762. The quantitative estimate of drug-likeness (QED) is 0.751. The van der Waals surface area contributed by atoms with Crippen molar-refractivity contribution in [3.05, 3.63) is 18.2 Å². The monoisotopic (exact) mass is 222 g/mol. The number of aromatic nitrogens is 5. The van der Waals surface area contributed by atoms with Gasteiger partial charge in [0.05, 0.1) is 18.1 Å². The minimum absolute atomic E-state index is 0.550. The highest BCUT2D eigenvalue weighted by Gasteiger charge is 2.08. The number of aryl methyl sites for hydroxylation is 1. The smallest absolute Gasteiger partial charge is 0.198 e. The summed E-state index contributed by atoms with van der Waals surface area (Å²) in [6, 6.07) is 0. The molecule has 0 saturated heterocycles. The van der Waals surface area contributed by atoms with Crippen LogP contribution >= 0.6 is 11.8 Å². The van der Waals surface area contributed by atoms with Gasteiger partial charge in [-0.1, -0.05) is 0 Å². The van der Waals surface area contributed by atoms with E-state index in [0.29, 0.717) is 10.8 Å². The Labute approximate surface area is 90.9 Å². The average Bonchev–Trinajstić information content (AvgIpc) is 2.53. The summed E-state index contributed by atoms with van der Waals surface area (Å²) < 4.78 is 1.88. The molecular weight excluding hydrogens is 212 g/mol. The molecule has 2 N–H and O–H groups in total. The van der Waals surface area contributed by atoms with E-state index in [9.17, 15) is 0 Å². The zero-order valence-corrected chi connectivity index (χ0v) is 9.19. The van der Waals surface area contributed by atoms with E-state index >= 15 is 0 Å². The minimum atomic E-state index is 0.550. The third-order valence-corrected chi connectivity index (χ3v) is 2.81. The van der Waals surface area contributed by atoms with Crippen molar-refractivity contribution < 1.29 is 0 Å². The highest BCUT2D eigenvalue weighted by atomic mass is 32.2. The summed E-state index contributed by atoms with van der Waals surface area (Å²) in [7, 11) is 1.90. The highest BCUT2D eigenvalue weighted by Crippen LogP contribution is 2.22. The fourth-order valence-corrected chi connectivity index (χ4v) is 1.66. The molecule has 0 amide bonds. The van der Waals surface area contributed by atoms with E-state index in [1.54, 1.807) is 12.4 Å². The van der Waals surface area contributed by atoms with Crippen LogP contribution in [0.5, 0.6) is 0 Å². The van der Waals surface area contributed by atoms with Gasteiger partial charge in [-0.05, 0) is 18.7 Å². The van der Waals surface area contributed by atoms with Crippen LogP contribution in [0.25, 0.3) is 0 Å². The molecule has 78 valence electrons. The van der Waals surface area contributed by atoms with Gasteiger partial charge in [-0.3, -0.25) is 0 Å². The standard InChI is InChI=1S/C8H10N6S/c1-5-12-13-8(14(5)2)15-7-10-3-6(9)4-11-7/h3-4H,9H2,1-2H3. The summed E-state index contributed by atoms with van der Waals surface area (Å²) in [4.78, 5) is 8.14. The zero-order valence-electron chi connectivity index (χ0n) is 8.38. The first-order chi connectivity index (χ1) is 7.16. The van der Waals surface area contributed by atoms with Gasteiger partial charge in [-0.25, -0.2) is 9.97 Å². The Kier molecular flexibility index (Phi) is 2.55. The van der Waals surface area contributed by atoms with Gasteiger partial charge in [0.1, 0.15) is 5.82 Å². The maximum Gasteiger partial charge on any atom is 0.198 e. The molecule has 0 bridgehead atoms. The van der Waals surface area contributed by atoms with E-state index in [4.69, 9.17) is 5.73 Å². The van der Waals surface area contributed by atoms with Crippen molar-refractivity contribution in [2.75, 3.05) is 5.73 Å². The molecule has 0 aliphatic rings. The molecule has 6 nitrogen and oxygen atoms in total. The molecule has 0 aromatic carbocycles. The van der Waals surface area contributed by atoms with Crippen LogP contribution in [-0.2, 0) is 7.05 Å². The second kappa shape index (κ2) is 3.85. The molecule has 0 radical (unpaired) electrons. The second-order valence-electron chi connectivity index (χ2n) is 2.99. The van der Waals surface area contributed by atoms with Crippen molar-refractivity contribution in [3.63, 3.8) is 0 Å². The Hall–Kier alpha value is -1.63. The molecule has 2 heterocycles. The Balaban J connectivity index is 2.22. The van der Waals surface area contributed by atoms with Crippen LogP contribution in [0.1, 0.15) is 5.82 Å². The van der Waals surface area contributed by atoms with Crippen LogP contribution in [-0.4, -0.2) is 24.7 Å². The molecule has 0 aliphatic heterocycles. The Bertz CT molecular complexity index is 462. The maximum absolute atomic E-state index is 5.49. The number of hydrogen-bond acceptors (Lipinski definition) is 6. The predicted molar refractivity (Wildman–Crippen MR) is 56.3 cm³/mol. The minimum Gasteiger partial charge on any atom is -0.396 e. The summed E-state index contributed by atoms with van der Waals surface area (Å²) in [5, 5.41) is 9.31. The lowest BCUT2D eigenvalue weighted by Gasteiger charge is -1.99. The van der Waals surface area contributed by atoms with E-state index in [1.165, 1.54) is 11.8 Å². The number of nitrogen functional groups attached to an aromatic ring is 1. The topological polar surface area (TPSA) is 82.5 Å². The van der Waals surface area contributed by atoms with E-state index in [-0.39, 0.29) is 0 Å². The van der Waals surface area contributed by atoms with E-state index in [2.05, 4.69) is 20.2 Å². The Morgan fingerprint density at radius 1 is 1.27 bits per heavy atom. The number of anilines is 1.